The Morgan fingerprint density at radius 1 is 1.30 bits per heavy atom. The fourth-order valence-corrected chi connectivity index (χ4v) is 2.99. The molecule has 0 saturated carbocycles. The van der Waals surface area contributed by atoms with Crippen LogP contribution in [0.15, 0.2) is 0 Å². The molecule has 1 atom stereocenters. The number of amides is 1. The van der Waals surface area contributed by atoms with Crippen LogP contribution in [0.1, 0.15) is 48.5 Å². The molecule has 1 aromatic rings. The van der Waals surface area contributed by atoms with Crippen LogP contribution in [0.2, 0.25) is 0 Å². The summed E-state index contributed by atoms with van der Waals surface area (Å²) in [5.74, 6) is 0.677. The van der Waals surface area contributed by atoms with Crippen molar-refractivity contribution in [2.24, 2.45) is 0 Å². The van der Waals surface area contributed by atoms with Crippen molar-refractivity contribution in [2.75, 3.05) is 6.61 Å². The maximum absolute atomic E-state index is 11.9. The Bertz CT molecular complexity index is 510. The zero-order valence-corrected chi connectivity index (χ0v) is 11.9. The number of aryl methyl sites for hydroxylation is 2. The highest BCUT2D eigenvalue weighted by molar-refractivity contribution is 5.80. The minimum atomic E-state index is -0.284. The molecule has 5 nitrogen and oxygen atoms in total. The summed E-state index contributed by atoms with van der Waals surface area (Å²) in [7, 11) is 0. The van der Waals surface area contributed by atoms with E-state index >= 15 is 0 Å². The molecule has 1 amide bonds. The number of nitrogens with one attached hydrogen (secondary N) is 1. The van der Waals surface area contributed by atoms with Gasteiger partial charge >= 0.3 is 0 Å². The number of hydrogen-bond donors (Lipinski definition) is 1. The first-order chi connectivity index (χ1) is 9.74. The summed E-state index contributed by atoms with van der Waals surface area (Å²) in [6.45, 7) is 3.12. The summed E-state index contributed by atoms with van der Waals surface area (Å²) in [6.07, 6.45) is 6.04. The Morgan fingerprint density at radius 3 is 2.95 bits per heavy atom. The van der Waals surface area contributed by atoms with Gasteiger partial charge in [0, 0.05) is 18.0 Å². The molecule has 1 fully saturated rings. The Balaban J connectivity index is 1.65. The minimum Gasteiger partial charge on any atom is -0.368 e. The third-order valence-electron chi connectivity index (χ3n) is 4.08. The number of ether oxygens (including phenoxy) is 1. The third-order valence-corrected chi connectivity index (χ3v) is 4.08. The van der Waals surface area contributed by atoms with Gasteiger partial charge in [0.1, 0.15) is 11.9 Å². The van der Waals surface area contributed by atoms with Gasteiger partial charge in [-0.05, 0) is 51.0 Å². The first-order valence-corrected chi connectivity index (χ1v) is 7.48. The van der Waals surface area contributed by atoms with Crippen LogP contribution in [0.5, 0.6) is 0 Å². The largest absolute Gasteiger partial charge is 0.368 e. The van der Waals surface area contributed by atoms with Crippen LogP contribution in [-0.2, 0) is 28.9 Å². The molecule has 1 aromatic heterocycles. The molecule has 20 heavy (non-hydrogen) atoms. The number of nitrogens with zero attached hydrogens (tertiary/aromatic N) is 2. The molecule has 1 N–H and O–H groups in total. The number of hydrogen-bond acceptors (Lipinski definition) is 4. The summed E-state index contributed by atoms with van der Waals surface area (Å²) in [5.41, 5.74) is 3.55. The summed E-state index contributed by atoms with van der Waals surface area (Å²) in [5, 5.41) is 2.89. The van der Waals surface area contributed by atoms with E-state index in [0.29, 0.717) is 13.2 Å². The second-order valence-electron chi connectivity index (χ2n) is 5.58. The third kappa shape index (κ3) is 2.82. The zero-order valence-electron chi connectivity index (χ0n) is 11.9. The van der Waals surface area contributed by atoms with Crippen LogP contribution in [0.3, 0.4) is 0 Å². The lowest BCUT2D eigenvalue weighted by Gasteiger charge is -2.18. The van der Waals surface area contributed by atoms with Gasteiger partial charge in [0.25, 0.3) is 0 Å². The van der Waals surface area contributed by atoms with Crippen molar-refractivity contribution in [2.45, 2.75) is 58.1 Å². The molecular weight excluding hydrogens is 254 g/mol. The molecule has 0 aromatic carbocycles. The van der Waals surface area contributed by atoms with Crippen LogP contribution in [-0.4, -0.2) is 28.6 Å². The predicted molar refractivity (Wildman–Crippen MR) is 74.2 cm³/mol. The molecule has 1 saturated heterocycles. The molecule has 1 aliphatic carbocycles. The highest BCUT2D eigenvalue weighted by atomic mass is 16.5. The molecule has 5 heteroatoms. The van der Waals surface area contributed by atoms with Crippen molar-refractivity contribution >= 4 is 5.91 Å². The second-order valence-corrected chi connectivity index (χ2v) is 5.58. The van der Waals surface area contributed by atoms with Gasteiger partial charge in [0.05, 0.1) is 6.54 Å². The lowest BCUT2D eigenvalue weighted by atomic mass is 9.95. The molecule has 0 bridgehead atoms. The molecule has 1 aliphatic heterocycles. The maximum Gasteiger partial charge on any atom is 0.249 e. The number of carbonyl (C=O) groups excluding carboxylic acids is 1. The van der Waals surface area contributed by atoms with Crippen molar-refractivity contribution in [3.8, 4) is 0 Å². The fraction of sp³-hybridized carbons (Fsp3) is 0.667. The van der Waals surface area contributed by atoms with Crippen molar-refractivity contribution in [3.63, 3.8) is 0 Å². The monoisotopic (exact) mass is 275 g/mol. The van der Waals surface area contributed by atoms with Crippen molar-refractivity contribution in [1.82, 2.24) is 15.3 Å². The lowest BCUT2D eigenvalue weighted by molar-refractivity contribution is -0.130. The van der Waals surface area contributed by atoms with Gasteiger partial charge in [-0.3, -0.25) is 4.79 Å². The van der Waals surface area contributed by atoms with E-state index in [0.717, 1.165) is 37.2 Å². The minimum absolute atomic E-state index is 0.0403. The smallest absolute Gasteiger partial charge is 0.249 e. The molecule has 2 heterocycles. The van der Waals surface area contributed by atoms with E-state index in [-0.39, 0.29) is 12.0 Å². The van der Waals surface area contributed by atoms with Crippen LogP contribution in [0.25, 0.3) is 0 Å². The molecule has 2 aliphatic rings. The highest BCUT2D eigenvalue weighted by Gasteiger charge is 2.23. The normalized spacial score (nSPS) is 21.6. The molecule has 0 spiro atoms. The van der Waals surface area contributed by atoms with Gasteiger partial charge in [0.15, 0.2) is 0 Å². The molecular formula is C15H21N3O2. The van der Waals surface area contributed by atoms with E-state index < -0.39 is 0 Å². The maximum atomic E-state index is 11.9. The van der Waals surface area contributed by atoms with E-state index in [1.165, 1.54) is 24.1 Å². The summed E-state index contributed by atoms with van der Waals surface area (Å²) in [6, 6.07) is 0. The Kier molecular flexibility index (Phi) is 3.96. The predicted octanol–water partition coefficient (Wildman–Crippen LogP) is 1.46. The highest BCUT2D eigenvalue weighted by Crippen LogP contribution is 2.21. The summed E-state index contributed by atoms with van der Waals surface area (Å²) < 4.78 is 5.36. The summed E-state index contributed by atoms with van der Waals surface area (Å²) >= 11 is 0. The second kappa shape index (κ2) is 5.87. The van der Waals surface area contributed by atoms with Gasteiger partial charge in [-0.25, -0.2) is 9.97 Å². The van der Waals surface area contributed by atoms with Crippen molar-refractivity contribution in [3.05, 3.63) is 22.8 Å². The first-order valence-electron chi connectivity index (χ1n) is 7.48. The molecule has 3 rings (SSSR count). The van der Waals surface area contributed by atoms with E-state index in [1.54, 1.807) is 0 Å². The average Bonchev–Trinajstić information content (AvgIpc) is 2.99. The van der Waals surface area contributed by atoms with Crippen LogP contribution in [0, 0.1) is 6.92 Å². The molecule has 0 radical (unpaired) electrons. The SMILES string of the molecule is Cc1nc(CNC(=O)[C@H]2CCCO2)nc2c1CCCC2. The molecule has 108 valence electrons. The Morgan fingerprint density at radius 2 is 2.15 bits per heavy atom. The van der Waals surface area contributed by atoms with E-state index in [9.17, 15) is 4.79 Å². The molecule has 0 unspecified atom stereocenters. The average molecular weight is 275 g/mol. The summed E-state index contributed by atoms with van der Waals surface area (Å²) in [4.78, 5) is 21.0. The van der Waals surface area contributed by atoms with Gasteiger partial charge in [-0.15, -0.1) is 0 Å². The van der Waals surface area contributed by atoms with Gasteiger partial charge in [0.2, 0.25) is 5.91 Å². The van der Waals surface area contributed by atoms with Crippen molar-refractivity contribution in [1.29, 1.82) is 0 Å². The van der Waals surface area contributed by atoms with Gasteiger partial charge in [-0.1, -0.05) is 0 Å². The quantitative estimate of drug-likeness (QED) is 0.907. The van der Waals surface area contributed by atoms with E-state index in [1.807, 2.05) is 6.92 Å². The van der Waals surface area contributed by atoms with Crippen molar-refractivity contribution < 1.29 is 9.53 Å². The number of fused-ring (bicyclic) bond motifs is 1. The van der Waals surface area contributed by atoms with Crippen LogP contribution < -0.4 is 5.32 Å². The fourth-order valence-electron chi connectivity index (χ4n) is 2.99. The van der Waals surface area contributed by atoms with Gasteiger partial charge in [-0.2, -0.15) is 0 Å². The standard InChI is InChI=1S/C15H21N3O2/c1-10-11-5-2-3-6-12(11)18-14(17-10)9-16-15(19)13-7-4-8-20-13/h13H,2-9H2,1H3,(H,16,19)/t13-/m1/s1. The number of rotatable bonds is 3. The zero-order chi connectivity index (χ0) is 13.9. The van der Waals surface area contributed by atoms with Crippen LogP contribution >= 0.6 is 0 Å². The first kappa shape index (κ1) is 13.5. The van der Waals surface area contributed by atoms with E-state index in [2.05, 4.69) is 15.3 Å². The van der Waals surface area contributed by atoms with Crippen LogP contribution in [0.4, 0.5) is 0 Å². The number of aromatic nitrogens is 2. The Labute approximate surface area is 119 Å². The topological polar surface area (TPSA) is 64.1 Å². The lowest BCUT2D eigenvalue weighted by Crippen LogP contribution is -2.34. The van der Waals surface area contributed by atoms with Gasteiger partial charge < -0.3 is 10.1 Å². The van der Waals surface area contributed by atoms with E-state index in [4.69, 9.17) is 4.74 Å². The Hall–Kier alpha value is -1.49. The number of carbonyl (C=O) groups is 1.